The number of benzene rings is 2. The predicted molar refractivity (Wildman–Crippen MR) is 164 cm³/mol. The first kappa shape index (κ1) is 33.7. The van der Waals surface area contributed by atoms with Gasteiger partial charge < -0.3 is 29.9 Å². The van der Waals surface area contributed by atoms with E-state index in [1.807, 2.05) is 31.2 Å². The van der Waals surface area contributed by atoms with E-state index in [4.69, 9.17) is 9.05 Å². The van der Waals surface area contributed by atoms with Crippen LogP contribution in [0, 0.1) is 6.92 Å². The van der Waals surface area contributed by atoms with Crippen molar-refractivity contribution in [3.63, 3.8) is 0 Å². The molecule has 3 N–H and O–H groups in total. The number of hydrogen-bond donors (Lipinski definition) is 3. The van der Waals surface area contributed by atoms with Crippen LogP contribution < -0.4 is 16.0 Å². The number of likely N-dealkylation sites (tertiary alicyclic amines) is 1. The Balaban J connectivity index is 1.70. The Morgan fingerprint density at radius 3 is 2.16 bits per heavy atom. The third-order valence-electron chi connectivity index (χ3n) is 6.69. The van der Waals surface area contributed by atoms with Crippen LogP contribution in [0.5, 0.6) is 0 Å². The standard InChI is InChI=1S/C31H41N4O7P/c1-4-41-43(40,42-5-2)30(31(39)35-20-10-7-11-21-35)34-27(36)18-19-32-29(38)26(22-24-16-14-23(3)15-17-24)33-28(37)25-12-8-6-9-13-25/h6,8-9,12-17,22,30H,4-5,7,10-11,18-21H2,1-3H3,(H,32,38)(H,33,37)(H,34,36)/b26-22+. The highest BCUT2D eigenvalue weighted by Gasteiger charge is 2.44. The van der Waals surface area contributed by atoms with Crippen LogP contribution in [0.15, 0.2) is 60.3 Å². The van der Waals surface area contributed by atoms with Crippen LogP contribution in [0.1, 0.15) is 61.0 Å². The molecule has 1 unspecified atom stereocenters. The first-order chi connectivity index (χ1) is 20.7. The lowest BCUT2D eigenvalue weighted by Gasteiger charge is -2.33. The van der Waals surface area contributed by atoms with Crippen LogP contribution in [-0.4, -0.2) is 67.2 Å². The van der Waals surface area contributed by atoms with Gasteiger partial charge in [-0.1, -0.05) is 48.0 Å². The zero-order valence-corrected chi connectivity index (χ0v) is 25.9. The number of rotatable bonds is 14. The summed E-state index contributed by atoms with van der Waals surface area (Å²) in [4.78, 5) is 53.9. The maximum atomic E-state index is 13.6. The Bertz CT molecular complexity index is 1320. The van der Waals surface area contributed by atoms with Gasteiger partial charge in [-0.05, 0) is 63.8 Å². The van der Waals surface area contributed by atoms with E-state index in [2.05, 4.69) is 16.0 Å². The van der Waals surface area contributed by atoms with Crippen LogP contribution in [0.2, 0.25) is 0 Å². The van der Waals surface area contributed by atoms with Gasteiger partial charge in [0.15, 0.2) is 0 Å². The fourth-order valence-corrected chi connectivity index (χ4v) is 6.32. The van der Waals surface area contributed by atoms with Gasteiger partial charge in [0.1, 0.15) is 5.70 Å². The molecule has 1 aliphatic rings. The zero-order valence-electron chi connectivity index (χ0n) is 25.0. The first-order valence-electron chi connectivity index (χ1n) is 14.6. The highest BCUT2D eigenvalue weighted by Crippen LogP contribution is 2.52. The molecule has 11 nitrogen and oxygen atoms in total. The summed E-state index contributed by atoms with van der Waals surface area (Å²) in [5.41, 5.74) is 2.11. The molecule has 12 heteroatoms. The van der Waals surface area contributed by atoms with E-state index < -0.39 is 37.0 Å². The maximum absolute atomic E-state index is 13.6. The molecule has 4 amide bonds. The highest BCUT2D eigenvalue weighted by molar-refractivity contribution is 7.55. The highest BCUT2D eigenvalue weighted by atomic mass is 31.2. The Morgan fingerprint density at radius 1 is 0.930 bits per heavy atom. The molecule has 1 saturated heterocycles. The molecule has 3 rings (SSSR count). The molecule has 1 atom stereocenters. The molecular formula is C31H41N4O7P. The molecule has 0 bridgehead atoms. The Labute approximate surface area is 252 Å². The minimum atomic E-state index is -4.03. The SMILES string of the molecule is CCOP(=O)(OCC)C(NC(=O)CCNC(=O)/C(=C\c1ccc(C)cc1)NC(=O)c1ccccc1)C(=O)N1CCCCC1. The number of hydrogen-bond acceptors (Lipinski definition) is 7. The molecule has 0 aromatic heterocycles. The van der Waals surface area contributed by atoms with Crippen molar-refractivity contribution in [3.05, 3.63) is 77.0 Å². The van der Waals surface area contributed by atoms with Gasteiger partial charge in [0.2, 0.25) is 11.7 Å². The van der Waals surface area contributed by atoms with Gasteiger partial charge >= 0.3 is 7.60 Å². The molecule has 43 heavy (non-hydrogen) atoms. The van der Waals surface area contributed by atoms with Gasteiger partial charge in [0, 0.05) is 31.6 Å². The van der Waals surface area contributed by atoms with Crippen LogP contribution in [0.25, 0.3) is 6.08 Å². The molecule has 2 aromatic rings. The lowest BCUT2D eigenvalue weighted by Crippen LogP contribution is -2.50. The number of carbonyl (C=O) groups excluding carboxylic acids is 4. The summed E-state index contributed by atoms with van der Waals surface area (Å²) in [5.74, 6) is -3.71. The van der Waals surface area contributed by atoms with Gasteiger partial charge in [0.25, 0.3) is 17.7 Å². The lowest BCUT2D eigenvalue weighted by molar-refractivity contribution is -0.135. The molecule has 232 valence electrons. The number of piperidine rings is 1. The normalized spacial score (nSPS) is 14.5. The van der Waals surface area contributed by atoms with Crippen molar-refractivity contribution in [2.75, 3.05) is 32.8 Å². The molecule has 0 aliphatic carbocycles. The van der Waals surface area contributed by atoms with Crippen LogP contribution in [0.3, 0.4) is 0 Å². The summed E-state index contributed by atoms with van der Waals surface area (Å²) in [6, 6.07) is 15.9. The van der Waals surface area contributed by atoms with Crippen molar-refractivity contribution in [3.8, 4) is 0 Å². The maximum Gasteiger partial charge on any atom is 0.362 e. The van der Waals surface area contributed by atoms with Crippen LogP contribution in [0.4, 0.5) is 0 Å². The van der Waals surface area contributed by atoms with Crippen molar-refractivity contribution in [1.82, 2.24) is 20.9 Å². The van der Waals surface area contributed by atoms with Gasteiger partial charge in [0.05, 0.1) is 13.2 Å². The van der Waals surface area contributed by atoms with Gasteiger partial charge in [-0.3, -0.25) is 23.7 Å². The Hall–Kier alpha value is -3.79. The molecule has 1 heterocycles. The minimum absolute atomic E-state index is 0.00606. The molecule has 0 spiro atoms. The fraction of sp³-hybridized carbons (Fsp3) is 0.419. The second-order valence-corrected chi connectivity index (χ2v) is 12.1. The zero-order chi connectivity index (χ0) is 31.2. The van der Waals surface area contributed by atoms with Crippen LogP contribution >= 0.6 is 7.60 Å². The summed E-state index contributed by atoms with van der Waals surface area (Å²) < 4.78 is 24.4. The summed E-state index contributed by atoms with van der Waals surface area (Å²) in [5, 5.41) is 7.85. The molecule has 1 fully saturated rings. The first-order valence-corrected chi connectivity index (χ1v) is 16.2. The topological polar surface area (TPSA) is 143 Å². The fourth-order valence-electron chi connectivity index (χ4n) is 4.49. The molecule has 2 aromatic carbocycles. The van der Waals surface area contributed by atoms with Gasteiger partial charge in [-0.25, -0.2) is 0 Å². The molecule has 1 aliphatic heterocycles. The minimum Gasteiger partial charge on any atom is -0.350 e. The molecular weight excluding hydrogens is 571 g/mol. The Kier molecular flexibility index (Phi) is 13.1. The van der Waals surface area contributed by atoms with Gasteiger partial charge in [-0.2, -0.15) is 0 Å². The largest absolute Gasteiger partial charge is 0.362 e. The van der Waals surface area contributed by atoms with E-state index in [0.29, 0.717) is 24.2 Å². The monoisotopic (exact) mass is 612 g/mol. The average molecular weight is 613 g/mol. The number of amides is 4. The van der Waals surface area contributed by atoms with E-state index >= 15 is 0 Å². The lowest BCUT2D eigenvalue weighted by atomic mass is 10.1. The molecule has 0 saturated carbocycles. The predicted octanol–water partition coefficient (Wildman–Crippen LogP) is 3.99. The van der Waals surface area contributed by atoms with E-state index in [1.54, 1.807) is 55.2 Å². The summed E-state index contributed by atoms with van der Waals surface area (Å²) in [6.07, 6.45) is 3.93. The molecule has 0 radical (unpaired) electrons. The van der Waals surface area contributed by atoms with E-state index in [1.165, 1.54) is 0 Å². The average Bonchev–Trinajstić information content (AvgIpc) is 3.01. The van der Waals surface area contributed by atoms with E-state index in [0.717, 1.165) is 24.8 Å². The number of nitrogens with zero attached hydrogens (tertiary/aromatic N) is 1. The smallest absolute Gasteiger partial charge is 0.350 e. The van der Waals surface area contributed by atoms with Crippen molar-refractivity contribution >= 4 is 37.3 Å². The summed E-state index contributed by atoms with van der Waals surface area (Å²) in [7, 11) is -4.03. The summed E-state index contributed by atoms with van der Waals surface area (Å²) in [6.45, 7) is 6.11. The van der Waals surface area contributed by atoms with Crippen molar-refractivity contribution in [1.29, 1.82) is 0 Å². The Morgan fingerprint density at radius 2 is 1.56 bits per heavy atom. The van der Waals surface area contributed by atoms with E-state index in [-0.39, 0.29) is 31.9 Å². The third-order valence-corrected chi connectivity index (χ3v) is 8.91. The third kappa shape index (κ3) is 10.2. The quantitative estimate of drug-likeness (QED) is 0.216. The number of carbonyl (C=O) groups is 4. The number of nitrogens with one attached hydrogen (secondary N) is 3. The van der Waals surface area contributed by atoms with E-state index in [9.17, 15) is 23.7 Å². The van der Waals surface area contributed by atoms with Crippen molar-refractivity contribution in [2.45, 2.75) is 52.2 Å². The van der Waals surface area contributed by atoms with Crippen molar-refractivity contribution < 1.29 is 32.8 Å². The van der Waals surface area contributed by atoms with Crippen molar-refractivity contribution in [2.24, 2.45) is 0 Å². The second-order valence-electron chi connectivity index (χ2n) is 10.0. The van der Waals surface area contributed by atoms with Crippen LogP contribution in [-0.2, 0) is 28.0 Å². The summed E-state index contributed by atoms with van der Waals surface area (Å²) >= 11 is 0. The number of aryl methyl sites for hydroxylation is 1. The van der Waals surface area contributed by atoms with Gasteiger partial charge in [-0.15, -0.1) is 0 Å². The second kappa shape index (κ2) is 16.7.